The van der Waals surface area contributed by atoms with Crippen molar-refractivity contribution in [3.8, 4) is 17.4 Å². The molecule has 1 saturated heterocycles. The Balaban J connectivity index is 1.45. The molecule has 2 aliphatic rings. The fourth-order valence-corrected chi connectivity index (χ4v) is 6.61. The second-order valence-electron chi connectivity index (χ2n) is 15.3. The number of nitrogens with one attached hydrogen (secondary N) is 4. The average molecular weight is 721 g/mol. The molecule has 1 aliphatic heterocycles. The SMILES string of the molecule is CCCC(NC(=O)[C@@H]1C[C@@H](Oc2nc(-c3ccccn3)nc3sccc23)CN1C(=O)C(NC(=O)NC(C)(C)C)C(C)(C)C)C(=O)C(=O)NC1CC1. The molecular formula is C36H48N8O6S. The van der Waals surface area contributed by atoms with Crippen LogP contribution in [0.15, 0.2) is 35.8 Å². The molecule has 0 spiro atoms. The molecular weight excluding hydrogens is 673 g/mol. The predicted molar refractivity (Wildman–Crippen MR) is 193 cm³/mol. The normalized spacial score (nSPS) is 18.8. The number of carbonyl (C=O) groups excluding carboxylic acids is 5. The third-order valence-corrected chi connectivity index (χ3v) is 9.34. The van der Waals surface area contributed by atoms with Gasteiger partial charge < -0.3 is 30.9 Å². The summed E-state index contributed by atoms with van der Waals surface area (Å²) in [6.45, 7) is 12.8. The fraction of sp³-hybridized carbons (Fsp3) is 0.556. The standard InChI is InChI=1S/C36H48N8O6S/c1-8-11-23(26(45)30(47)38-20-13-14-20)39-29(46)25-18-21(19-44(25)33(48)27(35(2,3)4)40-34(49)43-36(5,6)7)50-31-22-15-17-51-32(22)42-28(41-31)24-12-9-10-16-37-24/h9-10,12,15-17,20-21,23,25,27H,8,11,13-14,18-19H2,1-7H3,(H,38,47)(H,39,46)(H2,40,43,49)/t21-,23?,25+,27?/m1/s1. The Bertz CT molecular complexity index is 1760. The first-order valence-corrected chi connectivity index (χ1v) is 18.3. The maximum absolute atomic E-state index is 14.5. The van der Waals surface area contributed by atoms with Gasteiger partial charge in [0.25, 0.3) is 5.91 Å². The van der Waals surface area contributed by atoms with Crippen LogP contribution in [0.5, 0.6) is 5.88 Å². The number of hydrogen-bond acceptors (Lipinski definition) is 10. The van der Waals surface area contributed by atoms with Gasteiger partial charge in [-0.2, -0.15) is 4.98 Å². The van der Waals surface area contributed by atoms with Crippen LogP contribution in [0.4, 0.5) is 4.79 Å². The molecule has 4 N–H and O–H groups in total. The Morgan fingerprint density at radius 1 is 1.02 bits per heavy atom. The summed E-state index contributed by atoms with van der Waals surface area (Å²) in [6.07, 6.45) is 3.43. The predicted octanol–water partition coefficient (Wildman–Crippen LogP) is 3.75. The zero-order valence-electron chi connectivity index (χ0n) is 30.2. The van der Waals surface area contributed by atoms with Crippen molar-refractivity contribution in [1.29, 1.82) is 0 Å². The van der Waals surface area contributed by atoms with Crippen LogP contribution < -0.4 is 26.0 Å². The molecule has 2 fully saturated rings. The first-order chi connectivity index (χ1) is 24.0. The molecule has 0 bridgehead atoms. The number of thiophene rings is 1. The number of carbonyl (C=O) groups is 5. The lowest BCUT2D eigenvalue weighted by Gasteiger charge is -2.36. The van der Waals surface area contributed by atoms with Crippen LogP contribution in [0.3, 0.4) is 0 Å². The number of ketones is 1. The molecule has 2 unspecified atom stereocenters. The summed E-state index contributed by atoms with van der Waals surface area (Å²) >= 11 is 1.42. The van der Waals surface area contributed by atoms with Gasteiger partial charge in [0.2, 0.25) is 23.5 Å². The zero-order chi connectivity index (χ0) is 37.1. The molecule has 5 amide bonds. The molecule has 274 valence electrons. The maximum Gasteiger partial charge on any atom is 0.315 e. The van der Waals surface area contributed by atoms with Crippen molar-refractivity contribution in [2.24, 2.45) is 5.41 Å². The Kier molecular flexibility index (Phi) is 11.3. The number of nitrogens with zero attached hydrogens (tertiary/aromatic N) is 4. The van der Waals surface area contributed by atoms with E-state index in [4.69, 9.17) is 9.72 Å². The minimum absolute atomic E-state index is 0.00478. The van der Waals surface area contributed by atoms with Crippen molar-refractivity contribution in [3.63, 3.8) is 0 Å². The first-order valence-electron chi connectivity index (χ1n) is 17.4. The van der Waals surface area contributed by atoms with Gasteiger partial charge in [-0.15, -0.1) is 11.3 Å². The number of hydrogen-bond donors (Lipinski definition) is 4. The quantitative estimate of drug-likeness (QED) is 0.203. The number of likely N-dealkylation sites (tertiary alicyclic amines) is 1. The van der Waals surface area contributed by atoms with Crippen LogP contribution in [0.2, 0.25) is 0 Å². The van der Waals surface area contributed by atoms with Crippen molar-refractivity contribution in [2.45, 2.75) is 116 Å². The Morgan fingerprint density at radius 3 is 2.39 bits per heavy atom. The summed E-state index contributed by atoms with van der Waals surface area (Å²) in [7, 11) is 0. The van der Waals surface area contributed by atoms with E-state index in [9.17, 15) is 24.0 Å². The van der Waals surface area contributed by atoms with Gasteiger partial charge in [0, 0.05) is 24.2 Å². The molecule has 0 radical (unpaired) electrons. The van der Waals surface area contributed by atoms with Gasteiger partial charge in [0.15, 0.2) is 5.82 Å². The van der Waals surface area contributed by atoms with Crippen molar-refractivity contribution in [3.05, 3.63) is 35.8 Å². The lowest BCUT2D eigenvalue weighted by molar-refractivity contribution is -0.144. The lowest BCUT2D eigenvalue weighted by atomic mass is 9.85. The topological polar surface area (TPSA) is 185 Å². The third-order valence-electron chi connectivity index (χ3n) is 8.53. The van der Waals surface area contributed by atoms with Crippen LogP contribution in [-0.2, 0) is 19.2 Å². The minimum atomic E-state index is -1.08. The molecule has 1 saturated carbocycles. The summed E-state index contributed by atoms with van der Waals surface area (Å²) in [6, 6.07) is 3.56. The van der Waals surface area contributed by atoms with E-state index < -0.39 is 64.7 Å². The number of Topliss-reactive ketones (excluding diaryl/α,β-unsaturated/α-hetero) is 1. The van der Waals surface area contributed by atoms with E-state index in [1.807, 2.05) is 66.0 Å². The monoisotopic (exact) mass is 720 g/mol. The average Bonchev–Trinajstić information content (AvgIpc) is 3.56. The summed E-state index contributed by atoms with van der Waals surface area (Å²) < 4.78 is 6.49. The van der Waals surface area contributed by atoms with E-state index in [2.05, 4.69) is 31.2 Å². The van der Waals surface area contributed by atoms with Crippen LogP contribution in [0.25, 0.3) is 21.7 Å². The molecule has 3 aromatic heterocycles. The summed E-state index contributed by atoms with van der Waals surface area (Å²) in [5, 5.41) is 13.7. The third kappa shape index (κ3) is 9.57. The van der Waals surface area contributed by atoms with Gasteiger partial charge in [0.05, 0.1) is 18.0 Å². The Hall–Kier alpha value is -4.66. The molecule has 5 rings (SSSR count). The van der Waals surface area contributed by atoms with Crippen molar-refractivity contribution >= 4 is 51.1 Å². The van der Waals surface area contributed by atoms with E-state index in [-0.39, 0.29) is 31.3 Å². The Morgan fingerprint density at radius 2 is 1.76 bits per heavy atom. The molecule has 15 heteroatoms. The number of aromatic nitrogens is 3. The molecule has 4 heterocycles. The largest absolute Gasteiger partial charge is 0.472 e. The molecule has 4 atom stereocenters. The van der Waals surface area contributed by atoms with Crippen molar-refractivity contribution < 1.29 is 28.7 Å². The number of amides is 5. The maximum atomic E-state index is 14.5. The minimum Gasteiger partial charge on any atom is -0.472 e. The fourth-order valence-electron chi connectivity index (χ4n) is 5.85. The number of fused-ring (bicyclic) bond motifs is 1. The summed E-state index contributed by atoms with van der Waals surface area (Å²) in [5.41, 5.74) is -0.750. The highest BCUT2D eigenvalue weighted by molar-refractivity contribution is 7.16. The Labute approximate surface area is 301 Å². The summed E-state index contributed by atoms with van der Waals surface area (Å²) in [4.78, 5) is 83.4. The highest BCUT2D eigenvalue weighted by atomic mass is 32.1. The van der Waals surface area contributed by atoms with E-state index in [1.165, 1.54) is 16.2 Å². The van der Waals surface area contributed by atoms with Crippen molar-refractivity contribution in [2.75, 3.05) is 6.54 Å². The van der Waals surface area contributed by atoms with E-state index in [1.54, 1.807) is 18.3 Å². The van der Waals surface area contributed by atoms with E-state index in [0.29, 0.717) is 28.2 Å². The van der Waals surface area contributed by atoms with Crippen LogP contribution >= 0.6 is 11.3 Å². The highest BCUT2D eigenvalue weighted by Gasteiger charge is 2.47. The number of pyridine rings is 1. The first kappa shape index (κ1) is 37.6. The van der Waals surface area contributed by atoms with Crippen LogP contribution in [0.1, 0.15) is 80.6 Å². The molecule has 1 aliphatic carbocycles. The van der Waals surface area contributed by atoms with Crippen LogP contribution in [-0.4, -0.2) is 91.7 Å². The molecule has 3 aromatic rings. The number of ether oxygens (including phenoxy) is 1. The number of urea groups is 1. The zero-order valence-corrected chi connectivity index (χ0v) is 31.1. The smallest absolute Gasteiger partial charge is 0.315 e. The van der Waals surface area contributed by atoms with Gasteiger partial charge in [0.1, 0.15) is 28.7 Å². The van der Waals surface area contributed by atoms with Gasteiger partial charge in [-0.3, -0.25) is 24.2 Å². The van der Waals surface area contributed by atoms with Crippen molar-refractivity contribution in [1.82, 2.24) is 41.1 Å². The highest BCUT2D eigenvalue weighted by Crippen LogP contribution is 2.33. The molecule has 51 heavy (non-hydrogen) atoms. The van der Waals surface area contributed by atoms with Gasteiger partial charge in [-0.1, -0.05) is 40.2 Å². The van der Waals surface area contributed by atoms with E-state index in [0.717, 1.165) is 12.8 Å². The second-order valence-corrected chi connectivity index (χ2v) is 16.2. The van der Waals surface area contributed by atoms with Crippen LogP contribution in [0, 0.1) is 5.41 Å². The lowest BCUT2D eigenvalue weighted by Crippen LogP contribution is -2.61. The van der Waals surface area contributed by atoms with Gasteiger partial charge in [-0.25, -0.2) is 9.78 Å². The number of rotatable bonds is 12. The molecule has 0 aromatic carbocycles. The second kappa shape index (κ2) is 15.3. The van der Waals surface area contributed by atoms with Gasteiger partial charge >= 0.3 is 6.03 Å². The van der Waals surface area contributed by atoms with Gasteiger partial charge in [-0.05, 0) is 69.0 Å². The molecule has 14 nitrogen and oxygen atoms in total. The van der Waals surface area contributed by atoms with E-state index >= 15 is 0 Å². The summed E-state index contributed by atoms with van der Waals surface area (Å²) in [5.74, 6) is -1.88.